The van der Waals surface area contributed by atoms with Crippen molar-refractivity contribution < 1.29 is 45.5 Å². The van der Waals surface area contributed by atoms with Crippen LogP contribution in [-0.4, -0.2) is 10.2 Å². The molecule has 0 aliphatic heterocycles. The molecule has 0 spiro atoms. The summed E-state index contributed by atoms with van der Waals surface area (Å²) in [6, 6.07) is 14.5. The quantitative estimate of drug-likeness (QED) is 0.449. The van der Waals surface area contributed by atoms with Crippen molar-refractivity contribution in [2.45, 2.75) is 13.8 Å². The molecule has 0 fully saturated rings. The molecule has 0 unspecified atom stereocenters. The summed E-state index contributed by atoms with van der Waals surface area (Å²) in [6.07, 6.45) is 0. The van der Waals surface area contributed by atoms with Gasteiger partial charge in [-0.05, 0) is 37.1 Å². The first-order chi connectivity index (χ1) is 7.61. The number of halogens is 2. The van der Waals surface area contributed by atoms with Crippen molar-refractivity contribution in [3.05, 3.63) is 59.7 Å². The number of aryl methyl sites for hydroxylation is 2. The third-order valence-corrected chi connectivity index (χ3v) is 2.23. The molecule has 0 heterocycles. The number of phenolic OH excluding ortho intramolecular Hbond substituents is 2. The normalized spacial score (nSPS) is 7.68. The van der Waals surface area contributed by atoms with Crippen molar-refractivity contribution in [1.29, 1.82) is 0 Å². The first-order valence-electron chi connectivity index (χ1n) is 5.10. The Morgan fingerprint density at radius 2 is 0.895 bits per heavy atom. The van der Waals surface area contributed by atoms with Gasteiger partial charge in [-0.1, -0.05) is 36.4 Å². The maximum atomic E-state index is 8.92. The summed E-state index contributed by atoms with van der Waals surface area (Å²) in [4.78, 5) is 0. The second-order valence-corrected chi connectivity index (χ2v) is 3.57. The van der Waals surface area contributed by atoms with E-state index in [1.54, 1.807) is 12.1 Å². The largest absolute Gasteiger partial charge is 1.00 e. The van der Waals surface area contributed by atoms with Gasteiger partial charge < -0.3 is 19.6 Å². The van der Waals surface area contributed by atoms with Crippen LogP contribution >= 0.6 is 0 Å². The molecule has 19 heavy (non-hydrogen) atoms. The van der Waals surface area contributed by atoms with E-state index in [0.29, 0.717) is 11.5 Å². The second kappa shape index (κ2) is 11.8. The topological polar surface area (TPSA) is 40.5 Å². The van der Waals surface area contributed by atoms with Crippen molar-refractivity contribution in [2.24, 2.45) is 0 Å². The van der Waals surface area contributed by atoms with Gasteiger partial charge in [0.1, 0.15) is 11.5 Å². The fourth-order valence-electron chi connectivity index (χ4n) is 1.13. The first-order valence-corrected chi connectivity index (χ1v) is 5.10. The molecule has 0 radical (unpaired) electrons. The second-order valence-electron chi connectivity index (χ2n) is 3.57. The van der Waals surface area contributed by atoms with E-state index in [1.165, 1.54) is 0 Å². The van der Waals surface area contributed by atoms with Gasteiger partial charge in [-0.2, -0.15) is 0 Å². The minimum atomic E-state index is 0. The number of phenols is 2. The Balaban J connectivity index is -0.000000233. The van der Waals surface area contributed by atoms with Crippen molar-refractivity contribution >= 4 is 0 Å². The van der Waals surface area contributed by atoms with E-state index in [9.17, 15) is 0 Å². The molecule has 0 aromatic heterocycles. The van der Waals surface area contributed by atoms with Crippen LogP contribution in [0.4, 0.5) is 0 Å². The summed E-state index contributed by atoms with van der Waals surface area (Å²) in [5, 5.41) is 17.8. The molecule has 0 saturated heterocycles. The third-order valence-electron chi connectivity index (χ3n) is 2.23. The zero-order chi connectivity index (χ0) is 12.0. The van der Waals surface area contributed by atoms with Crippen LogP contribution in [0.15, 0.2) is 48.5 Å². The molecule has 0 saturated carbocycles. The van der Waals surface area contributed by atoms with E-state index >= 15 is 0 Å². The predicted molar refractivity (Wildman–Crippen MR) is 65.7 cm³/mol. The van der Waals surface area contributed by atoms with Gasteiger partial charge in [0.15, 0.2) is 0 Å². The summed E-state index contributed by atoms with van der Waals surface area (Å²) in [5.41, 5.74) is 1.85. The Kier molecular flexibility index (Phi) is 14.3. The fourth-order valence-corrected chi connectivity index (χ4v) is 1.13. The van der Waals surface area contributed by atoms with E-state index in [2.05, 4.69) is 0 Å². The summed E-state index contributed by atoms with van der Waals surface area (Å²) in [7, 11) is 0. The van der Waals surface area contributed by atoms with Gasteiger partial charge >= 0.3 is 0 Å². The van der Waals surface area contributed by atoms with Crippen LogP contribution < -0.4 is 9.41 Å². The molecule has 2 N–H and O–H groups in total. The van der Waals surface area contributed by atoms with Crippen LogP contribution in [0.3, 0.4) is 0 Å². The smallest absolute Gasteiger partial charge is 0.118 e. The molecular weight excluding hydrogens is 417 g/mol. The standard InChI is InChI=1S/2C7H8O.2FH.Hf/c2*1-6-4-2-3-5-7(6)8;;;/h2*2-5,8H,1H3;2*1H;/p-2. The van der Waals surface area contributed by atoms with Crippen LogP contribution in [0.1, 0.15) is 11.1 Å². The minimum absolute atomic E-state index is 0. The molecule has 2 rings (SSSR count). The zero-order valence-corrected chi connectivity index (χ0v) is 14.4. The van der Waals surface area contributed by atoms with Crippen molar-refractivity contribution in [3.8, 4) is 11.5 Å². The molecule has 104 valence electrons. The van der Waals surface area contributed by atoms with E-state index in [4.69, 9.17) is 10.2 Å². The fraction of sp³-hybridized carbons (Fsp3) is 0.143. The Bertz CT molecular complexity index is 379. The zero-order valence-electron chi connectivity index (χ0n) is 10.8. The van der Waals surface area contributed by atoms with Gasteiger partial charge in [-0.15, -0.1) is 0 Å². The maximum absolute atomic E-state index is 8.92. The number of aromatic hydroxyl groups is 2. The van der Waals surface area contributed by atoms with Gasteiger partial charge in [-0.25, -0.2) is 0 Å². The molecule has 2 aromatic rings. The van der Waals surface area contributed by atoms with Crippen LogP contribution in [0.2, 0.25) is 0 Å². The first kappa shape index (κ1) is 22.9. The third kappa shape index (κ3) is 8.48. The van der Waals surface area contributed by atoms with Crippen LogP contribution in [-0.2, 0) is 25.8 Å². The van der Waals surface area contributed by atoms with Gasteiger partial charge in [0.25, 0.3) is 0 Å². The Morgan fingerprint density at radius 1 is 0.632 bits per heavy atom. The summed E-state index contributed by atoms with van der Waals surface area (Å²) >= 11 is 0. The molecule has 0 aliphatic rings. The van der Waals surface area contributed by atoms with Crippen molar-refractivity contribution in [2.75, 3.05) is 0 Å². The number of hydrogen-bond donors (Lipinski definition) is 2. The van der Waals surface area contributed by atoms with Crippen LogP contribution in [0, 0.1) is 13.8 Å². The number of rotatable bonds is 0. The SMILES string of the molecule is Cc1ccccc1O.Cc1ccccc1O.[F-].[F-].[Hf]. The van der Waals surface area contributed by atoms with E-state index in [-0.39, 0.29) is 35.3 Å². The molecule has 2 nitrogen and oxygen atoms in total. The predicted octanol–water partition coefficient (Wildman–Crippen LogP) is -2.59. The molecule has 0 amide bonds. The van der Waals surface area contributed by atoms with Gasteiger partial charge in [0.05, 0.1) is 0 Å². The molecule has 0 atom stereocenters. The summed E-state index contributed by atoms with van der Waals surface area (Å²) in [5.74, 6) is 0.736. The number of para-hydroxylation sites is 2. The Labute approximate surface area is 130 Å². The molecule has 2 aromatic carbocycles. The van der Waals surface area contributed by atoms with Gasteiger partial charge in [0, 0.05) is 25.8 Å². The van der Waals surface area contributed by atoms with E-state index < -0.39 is 0 Å². The van der Waals surface area contributed by atoms with Crippen molar-refractivity contribution in [1.82, 2.24) is 0 Å². The Morgan fingerprint density at radius 3 is 1.05 bits per heavy atom. The van der Waals surface area contributed by atoms with Gasteiger partial charge in [-0.3, -0.25) is 0 Å². The number of benzene rings is 2. The van der Waals surface area contributed by atoms with E-state index in [0.717, 1.165) is 11.1 Å². The molecule has 0 aliphatic carbocycles. The summed E-state index contributed by atoms with van der Waals surface area (Å²) in [6.45, 7) is 3.74. The van der Waals surface area contributed by atoms with Crippen LogP contribution in [0.25, 0.3) is 0 Å². The van der Waals surface area contributed by atoms with Gasteiger partial charge in [0.2, 0.25) is 0 Å². The molecular formula is C14H16F2HfO2-2. The van der Waals surface area contributed by atoms with Crippen LogP contribution in [0.5, 0.6) is 11.5 Å². The average molecular weight is 433 g/mol. The molecule has 0 bridgehead atoms. The van der Waals surface area contributed by atoms with Crippen molar-refractivity contribution in [3.63, 3.8) is 0 Å². The monoisotopic (exact) mass is 434 g/mol. The Hall–Kier alpha value is -1.23. The summed E-state index contributed by atoms with van der Waals surface area (Å²) < 4.78 is 0. The molecule has 5 heteroatoms. The van der Waals surface area contributed by atoms with E-state index in [1.807, 2.05) is 50.2 Å². The average Bonchev–Trinajstić information content (AvgIpc) is 2.28. The number of hydrogen-bond acceptors (Lipinski definition) is 2. The minimum Gasteiger partial charge on any atom is -1.00 e. The maximum Gasteiger partial charge on any atom is 0.118 e.